The molecule has 0 aromatic heterocycles. The molecule has 1 aliphatic rings. The largest absolute Gasteiger partial charge is 0.397 e. The van der Waals surface area contributed by atoms with Gasteiger partial charge in [0.15, 0.2) is 0 Å². The fraction of sp³-hybridized carbons (Fsp3) is 0.917. The second-order valence-electron chi connectivity index (χ2n) is 4.97. The summed E-state index contributed by atoms with van der Waals surface area (Å²) in [6.07, 6.45) is -2.88. The molecule has 0 aromatic rings. The van der Waals surface area contributed by atoms with E-state index in [0.29, 0.717) is 19.4 Å². The third kappa shape index (κ3) is 5.25. The zero-order valence-electron chi connectivity index (χ0n) is 10.5. The van der Waals surface area contributed by atoms with Gasteiger partial charge in [-0.1, -0.05) is 12.8 Å². The number of rotatable bonds is 3. The Morgan fingerprint density at radius 1 is 1.39 bits per heavy atom. The number of aliphatic hydroxyl groups excluding tert-OH is 1. The Morgan fingerprint density at radius 3 is 2.61 bits per heavy atom. The van der Waals surface area contributed by atoms with Crippen molar-refractivity contribution in [2.24, 2.45) is 0 Å². The Kier molecular flexibility index (Phi) is 5.44. The average Bonchev–Trinajstić information content (AvgIpc) is 2.39. The molecule has 18 heavy (non-hydrogen) atoms. The summed E-state index contributed by atoms with van der Waals surface area (Å²) >= 11 is 0. The van der Waals surface area contributed by atoms with Gasteiger partial charge in [0.2, 0.25) is 5.91 Å². The van der Waals surface area contributed by atoms with E-state index in [2.05, 4.69) is 0 Å². The van der Waals surface area contributed by atoms with Crippen LogP contribution in [0.3, 0.4) is 0 Å². The highest BCUT2D eigenvalue weighted by molar-refractivity contribution is 5.77. The van der Waals surface area contributed by atoms with Crippen molar-refractivity contribution < 1.29 is 23.1 Å². The van der Waals surface area contributed by atoms with Crippen molar-refractivity contribution in [2.45, 2.75) is 63.8 Å². The zero-order valence-corrected chi connectivity index (χ0v) is 10.5. The molecule has 1 amide bonds. The zero-order chi connectivity index (χ0) is 13.8. The van der Waals surface area contributed by atoms with Gasteiger partial charge < -0.3 is 10.0 Å². The van der Waals surface area contributed by atoms with Crippen molar-refractivity contribution >= 4 is 5.91 Å². The smallest absolute Gasteiger partial charge is 0.393 e. The van der Waals surface area contributed by atoms with Crippen LogP contribution in [0, 0.1) is 0 Å². The number of nitrogens with zero attached hydrogens (tertiary/aromatic N) is 1. The highest BCUT2D eigenvalue weighted by Crippen LogP contribution is 2.25. The van der Waals surface area contributed by atoms with Crippen molar-refractivity contribution in [2.75, 3.05) is 6.54 Å². The molecule has 0 aromatic carbocycles. The summed E-state index contributed by atoms with van der Waals surface area (Å²) in [6.45, 7) is 1.96. The Balaban J connectivity index is 2.69. The normalized spacial score (nSPS) is 23.6. The van der Waals surface area contributed by atoms with Gasteiger partial charge >= 0.3 is 6.18 Å². The molecule has 0 radical (unpaired) electrons. The lowest BCUT2D eigenvalue weighted by Gasteiger charge is -2.31. The van der Waals surface area contributed by atoms with Gasteiger partial charge in [0.05, 0.1) is 6.10 Å². The van der Waals surface area contributed by atoms with E-state index in [1.165, 1.54) is 4.90 Å². The van der Waals surface area contributed by atoms with Crippen LogP contribution in [0.15, 0.2) is 0 Å². The summed E-state index contributed by atoms with van der Waals surface area (Å²) < 4.78 is 36.8. The summed E-state index contributed by atoms with van der Waals surface area (Å²) in [4.78, 5) is 13.0. The van der Waals surface area contributed by atoms with Gasteiger partial charge in [-0.3, -0.25) is 4.79 Å². The first kappa shape index (κ1) is 15.3. The highest BCUT2D eigenvalue weighted by atomic mass is 19.4. The molecule has 1 rings (SSSR count). The Bertz CT molecular complexity index is 279. The number of hydrogen-bond acceptors (Lipinski definition) is 2. The van der Waals surface area contributed by atoms with Gasteiger partial charge in [0.25, 0.3) is 0 Å². The molecule has 0 bridgehead atoms. The Morgan fingerprint density at radius 2 is 2.06 bits per heavy atom. The first-order valence-electron chi connectivity index (χ1n) is 6.34. The maximum absolute atomic E-state index is 12.3. The standard InChI is InChI=1S/C12H20F3NO2/c1-9(17)7-10-5-3-2-4-6-16(10)11(18)8-12(13,14)15/h9-10,17H,2-8H2,1H3. The molecule has 1 fully saturated rings. The molecule has 3 nitrogen and oxygen atoms in total. The summed E-state index contributed by atoms with van der Waals surface area (Å²) in [6, 6.07) is -0.262. The fourth-order valence-corrected chi connectivity index (χ4v) is 2.42. The number of carbonyl (C=O) groups is 1. The summed E-state index contributed by atoms with van der Waals surface area (Å²) in [5, 5.41) is 9.37. The number of hydrogen-bond donors (Lipinski definition) is 1. The number of alkyl halides is 3. The van der Waals surface area contributed by atoms with Crippen molar-refractivity contribution in [3.8, 4) is 0 Å². The van der Waals surface area contributed by atoms with Gasteiger partial charge in [-0.2, -0.15) is 13.2 Å². The van der Waals surface area contributed by atoms with Gasteiger partial charge in [-0.05, 0) is 26.2 Å². The minimum Gasteiger partial charge on any atom is -0.393 e. The molecule has 1 heterocycles. The van der Waals surface area contributed by atoms with E-state index in [4.69, 9.17) is 0 Å². The second kappa shape index (κ2) is 6.41. The van der Waals surface area contributed by atoms with Gasteiger partial charge in [0.1, 0.15) is 6.42 Å². The number of halogens is 3. The minimum atomic E-state index is -4.46. The third-order valence-electron chi connectivity index (χ3n) is 3.16. The van der Waals surface area contributed by atoms with Crippen LogP contribution < -0.4 is 0 Å². The molecular formula is C12H20F3NO2. The maximum Gasteiger partial charge on any atom is 0.397 e. The highest BCUT2D eigenvalue weighted by Gasteiger charge is 2.36. The summed E-state index contributed by atoms with van der Waals surface area (Å²) in [5.74, 6) is -0.866. The topological polar surface area (TPSA) is 40.5 Å². The van der Waals surface area contributed by atoms with Crippen LogP contribution in [0.4, 0.5) is 13.2 Å². The lowest BCUT2D eigenvalue weighted by atomic mass is 10.0. The molecule has 106 valence electrons. The predicted molar refractivity (Wildman–Crippen MR) is 60.9 cm³/mol. The number of likely N-dealkylation sites (tertiary alicyclic amines) is 1. The first-order chi connectivity index (χ1) is 8.29. The van der Waals surface area contributed by atoms with Crippen LogP contribution >= 0.6 is 0 Å². The van der Waals surface area contributed by atoms with Crippen LogP contribution in [0.1, 0.15) is 45.4 Å². The molecule has 0 aliphatic carbocycles. The van der Waals surface area contributed by atoms with Crippen LogP contribution in [0.25, 0.3) is 0 Å². The molecule has 1 aliphatic heterocycles. The van der Waals surface area contributed by atoms with Gasteiger partial charge in [-0.25, -0.2) is 0 Å². The maximum atomic E-state index is 12.3. The van der Waals surface area contributed by atoms with Crippen LogP contribution in [-0.4, -0.2) is 40.8 Å². The van der Waals surface area contributed by atoms with Crippen molar-refractivity contribution in [3.05, 3.63) is 0 Å². The monoisotopic (exact) mass is 267 g/mol. The Hall–Kier alpha value is -0.780. The van der Waals surface area contributed by atoms with E-state index in [-0.39, 0.29) is 6.04 Å². The van der Waals surface area contributed by atoms with Gasteiger partial charge in [0, 0.05) is 12.6 Å². The lowest BCUT2D eigenvalue weighted by Crippen LogP contribution is -2.43. The quantitative estimate of drug-likeness (QED) is 0.853. The predicted octanol–water partition coefficient (Wildman–Crippen LogP) is 2.48. The molecule has 2 atom stereocenters. The third-order valence-corrected chi connectivity index (χ3v) is 3.16. The molecular weight excluding hydrogens is 247 g/mol. The summed E-state index contributed by atoms with van der Waals surface area (Å²) in [7, 11) is 0. The van der Waals surface area contributed by atoms with Crippen LogP contribution in [-0.2, 0) is 4.79 Å². The number of carbonyl (C=O) groups excluding carboxylic acids is 1. The first-order valence-corrected chi connectivity index (χ1v) is 6.34. The molecule has 2 unspecified atom stereocenters. The molecule has 1 N–H and O–H groups in total. The lowest BCUT2D eigenvalue weighted by molar-refractivity contribution is -0.163. The van der Waals surface area contributed by atoms with Crippen molar-refractivity contribution in [1.82, 2.24) is 4.90 Å². The van der Waals surface area contributed by atoms with E-state index >= 15 is 0 Å². The van der Waals surface area contributed by atoms with E-state index in [1.807, 2.05) is 0 Å². The Labute approximate surface area is 105 Å². The summed E-state index contributed by atoms with van der Waals surface area (Å²) in [5.41, 5.74) is 0. The molecule has 0 saturated carbocycles. The van der Waals surface area contributed by atoms with Crippen LogP contribution in [0.2, 0.25) is 0 Å². The van der Waals surface area contributed by atoms with E-state index < -0.39 is 24.6 Å². The minimum absolute atomic E-state index is 0.262. The van der Waals surface area contributed by atoms with E-state index in [0.717, 1.165) is 19.3 Å². The molecule has 1 saturated heterocycles. The molecule has 0 spiro atoms. The average molecular weight is 267 g/mol. The number of aliphatic hydroxyl groups is 1. The van der Waals surface area contributed by atoms with Crippen LogP contribution in [0.5, 0.6) is 0 Å². The van der Waals surface area contributed by atoms with E-state index in [1.54, 1.807) is 6.92 Å². The van der Waals surface area contributed by atoms with Crippen molar-refractivity contribution in [1.29, 1.82) is 0 Å². The van der Waals surface area contributed by atoms with Gasteiger partial charge in [-0.15, -0.1) is 0 Å². The second-order valence-corrected chi connectivity index (χ2v) is 4.97. The fourth-order valence-electron chi connectivity index (χ4n) is 2.42. The molecule has 6 heteroatoms. The SMILES string of the molecule is CC(O)CC1CCCCCN1C(=O)CC(F)(F)F. The van der Waals surface area contributed by atoms with E-state index in [9.17, 15) is 23.1 Å². The number of amides is 1. The van der Waals surface area contributed by atoms with Crippen molar-refractivity contribution in [3.63, 3.8) is 0 Å².